The molecule has 14 nitrogen and oxygen atoms in total. The first-order chi connectivity index (χ1) is 17.4. The molecule has 1 aliphatic rings. The number of hydrogen-bond donors (Lipinski definition) is 7. The lowest BCUT2D eigenvalue weighted by Crippen LogP contribution is -2.32. The molecular formula is C20H23ClN6O8P2. The van der Waals surface area contributed by atoms with Gasteiger partial charge in [-0.3, -0.25) is 13.7 Å². The summed E-state index contributed by atoms with van der Waals surface area (Å²) in [4.78, 5) is 43.8. The van der Waals surface area contributed by atoms with E-state index in [9.17, 15) is 24.2 Å². The van der Waals surface area contributed by atoms with E-state index >= 15 is 0 Å². The van der Waals surface area contributed by atoms with E-state index in [0.29, 0.717) is 11.3 Å². The fraction of sp³-hybridized carbons (Fsp3) is 0.350. The number of imidazole rings is 1. The Bertz CT molecular complexity index is 1520. The number of fused-ring (bicyclic) bond motifs is 2. The topological polar surface area (TPSA) is 216 Å². The molecule has 0 aliphatic carbocycles. The van der Waals surface area contributed by atoms with E-state index in [1.807, 2.05) is 30.3 Å². The molecular weight excluding hydrogens is 550 g/mol. The van der Waals surface area contributed by atoms with Gasteiger partial charge in [-0.15, -0.1) is 0 Å². The van der Waals surface area contributed by atoms with E-state index in [0.717, 1.165) is 10.9 Å². The van der Waals surface area contributed by atoms with Crippen LogP contribution >= 0.6 is 26.6 Å². The summed E-state index contributed by atoms with van der Waals surface area (Å²) in [6.45, 7) is 0. The highest BCUT2D eigenvalue weighted by Gasteiger charge is 2.45. The largest absolute Gasteiger partial charge is 0.388 e. The van der Waals surface area contributed by atoms with Crippen LogP contribution < -0.4 is 5.32 Å². The summed E-state index contributed by atoms with van der Waals surface area (Å²) < 4.78 is 30.4. The number of hydrogen-bond acceptors (Lipinski definition) is 9. The monoisotopic (exact) mass is 572 g/mol. The van der Waals surface area contributed by atoms with E-state index in [1.165, 1.54) is 10.9 Å². The second kappa shape index (κ2) is 9.73. The van der Waals surface area contributed by atoms with E-state index in [-0.39, 0.29) is 23.2 Å². The molecule has 1 aromatic carbocycles. The van der Waals surface area contributed by atoms with Gasteiger partial charge in [0.1, 0.15) is 23.9 Å². The number of para-hydroxylation sites is 1. The Morgan fingerprint density at radius 3 is 2.62 bits per heavy atom. The smallest absolute Gasteiger partial charge is 0.335 e. The molecule has 0 saturated carbocycles. The standard InChI is InChI=1S/C20H23ClN6O8P2/c21-20-25-17(24-13-7-10-3-1-2-4-11(10)23-13)14-18(26-20)27(8-22-14)19-16(29)15(28)12(35-19)5-6-36(30,31)9-37(32,33)34/h1-4,7-8,12,15-16,19,23,28-29H,5-6,9H2,(H,30,31)(H,24,25,26)(H2,32,33,34)/t12-,15?,16?,19-/m1/s1. The molecule has 17 heteroatoms. The number of aliphatic hydroxyl groups is 2. The van der Waals surface area contributed by atoms with E-state index in [4.69, 9.17) is 26.1 Å². The number of aromatic amines is 1. The fourth-order valence-electron chi connectivity index (χ4n) is 4.32. The van der Waals surface area contributed by atoms with Crippen molar-refractivity contribution >= 4 is 60.3 Å². The van der Waals surface area contributed by atoms with Crippen LogP contribution in [0.5, 0.6) is 0 Å². The van der Waals surface area contributed by atoms with Gasteiger partial charge in [0, 0.05) is 17.1 Å². The molecule has 3 aromatic heterocycles. The number of aromatic nitrogens is 5. The number of nitrogens with one attached hydrogen (secondary N) is 2. The summed E-state index contributed by atoms with van der Waals surface area (Å²) in [7, 11) is -8.91. The number of aliphatic hydroxyl groups excluding tert-OH is 2. The maximum absolute atomic E-state index is 12.1. The Kier molecular flexibility index (Phi) is 6.90. The number of halogens is 1. The first-order valence-corrected chi connectivity index (χ1v) is 15.2. The minimum atomic E-state index is -4.71. The Morgan fingerprint density at radius 2 is 1.89 bits per heavy atom. The molecule has 4 heterocycles. The van der Waals surface area contributed by atoms with Gasteiger partial charge in [-0.25, -0.2) is 4.98 Å². The molecule has 0 spiro atoms. The molecule has 3 unspecified atom stereocenters. The van der Waals surface area contributed by atoms with Crippen LogP contribution in [0.4, 0.5) is 11.6 Å². The molecule has 1 fully saturated rings. The highest BCUT2D eigenvalue weighted by Crippen LogP contribution is 2.55. The summed E-state index contributed by atoms with van der Waals surface area (Å²) >= 11 is 6.16. The van der Waals surface area contributed by atoms with E-state index < -0.39 is 51.6 Å². The van der Waals surface area contributed by atoms with Gasteiger partial charge >= 0.3 is 7.60 Å². The first-order valence-electron chi connectivity index (χ1n) is 11.0. The Hall–Kier alpha value is -2.38. The summed E-state index contributed by atoms with van der Waals surface area (Å²) in [5.41, 5.74) is 1.41. The van der Waals surface area contributed by atoms with Crippen molar-refractivity contribution in [1.82, 2.24) is 24.5 Å². The van der Waals surface area contributed by atoms with Crippen LogP contribution in [0.25, 0.3) is 22.1 Å². The predicted molar refractivity (Wildman–Crippen MR) is 134 cm³/mol. The normalized spacial score (nSPS) is 24.1. The lowest BCUT2D eigenvalue weighted by atomic mass is 10.1. The summed E-state index contributed by atoms with van der Waals surface area (Å²) in [5, 5.41) is 25.1. The average Bonchev–Trinajstić information content (AvgIpc) is 3.47. The Balaban J connectivity index is 1.38. The second-order valence-electron chi connectivity index (χ2n) is 8.77. The number of benzene rings is 1. The molecule has 0 bridgehead atoms. The molecule has 5 atom stereocenters. The minimum Gasteiger partial charge on any atom is -0.388 e. The van der Waals surface area contributed by atoms with Crippen LogP contribution in [0.1, 0.15) is 12.6 Å². The fourth-order valence-corrected chi connectivity index (χ4v) is 8.01. The van der Waals surface area contributed by atoms with Gasteiger partial charge in [0.15, 0.2) is 23.2 Å². The Morgan fingerprint density at radius 1 is 1.14 bits per heavy atom. The maximum Gasteiger partial charge on any atom is 0.335 e. The molecule has 5 rings (SSSR count). The molecule has 1 aliphatic heterocycles. The molecule has 198 valence electrons. The molecule has 4 aromatic rings. The molecule has 7 N–H and O–H groups in total. The van der Waals surface area contributed by atoms with Crippen LogP contribution in [0.3, 0.4) is 0 Å². The van der Waals surface area contributed by atoms with E-state index in [2.05, 4.69) is 25.3 Å². The highest BCUT2D eigenvalue weighted by molar-refractivity contribution is 7.72. The Labute approximate surface area is 213 Å². The van der Waals surface area contributed by atoms with Crippen LogP contribution in [0.15, 0.2) is 36.7 Å². The first kappa shape index (κ1) is 26.2. The number of anilines is 2. The highest BCUT2D eigenvalue weighted by atomic mass is 35.5. The molecule has 1 saturated heterocycles. The number of H-pyrrole nitrogens is 1. The van der Waals surface area contributed by atoms with E-state index in [1.54, 1.807) is 0 Å². The van der Waals surface area contributed by atoms with Gasteiger partial charge in [-0.2, -0.15) is 9.97 Å². The van der Waals surface area contributed by atoms with Gasteiger partial charge in [-0.1, -0.05) is 18.2 Å². The lowest BCUT2D eigenvalue weighted by Gasteiger charge is -2.18. The van der Waals surface area contributed by atoms with Crippen molar-refractivity contribution in [2.45, 2.75) is 31.0 Å². The van der Waals surface area contributed by atoms with Crippen molar-refractivity contribution in [3.05, 3.63) is 41.9 Å². The maximum atomic E-state index is 12.1. The van der Waals surface area contributed by atoms with Crippen molar-refractivity contribution < 1.29 is 38.8 Å². The quantitative estimate of drug-likeness (QED) is 0.119. The van der Waals surface area contributed by atoms with Crippen molar-refractivity contribution in [3.63, 3.8) is 0 Å². The van der Waals surface area contributed by atoms with Gasteiger partial charge in [0.2, 0.25) is 12.7 Å². The van der Waals surface area contributed by atoms with Gasteiger partial charge < -0.3 is 39.9 Å². The summed E-state index contributed by atoms with van der Waals surface area (Å²) in [6, 6.07) is 9.55. The van der Waals surface area contributed by atoms with Crippen molar-refractivity contribution in [2.24, 2.45) is 0 Å². The SMILES string of the molecule is O=P(O)(O)CP(=O)(O)CC[C@H]1O[C@@H](n2cnc3c(Nc4cc5ccccc5[nH]4)nc(Cl)nc32)C(O)C1O. The third-order valence-corrected chi connectivity index (χ3v) is 10.3. The van der Waals surface area contributed by atoms with Crippen molar-refractivity contribution in [2.75, 3.05) is 17.4 Å². The predicted octanol–water partition coefficient (Wildman–Crippen LogP) is 2.12. The van der Waals surface area contributed by atoms with Crippen molar-refractivity contribution in [1.29, 1.82) is 0 Å². The number of rotatable bonds is 8. The van der Waals surface area contributed by atoms with Crippen LogP contribution in [0, 0.1) is 0 Å². The average molecular weight is 573 g/mol. The lowest BCUT2D eigenvalue weighted by molar-refractivity contribution is -0.0354. The number of ether oxygens (including phenoxy) is 1. The van der Waals surface area contributed by atoms with Crippen molar-refractivity contribution in [3.8, 4) is 0 Å². The summed E-state index contributed by atoms with van der Waals surface area (Å²) in [5.74, 6) is -0.269. The van der Waals surface area contributed by atoms with Crippen LogP contribution in [-0.4, -0.2) is 79.8 Å². The van der Waals surface area contributed by atoms with Crippen LogP contribution in [-0.2, 0) is 13.9 Å². The number of nitrogens with zero attached hydrogens (tertiary/aromatic N) is 4. The second-order valence-corrected chi connectivity index (χ2v) is 13.7. The zero-order valence-corrected chi connectivity index (χ0v) is 21.5. The third kappa shape index (κ3) is 5.58. The van der Waals surface area contributed by atoms with Gasteiger partial charge in [0.05, 0.1) is 12.4 Å². The van der Waals surface area contributed by atoms with Crippen LogP contribution in [0.2, 0.25) is 5.28 Å². The zero-order valence-electron chi connectivity index (χ0n) is 18.9. The minimum absolute atomic E-state index is 0.115. The molecule has 37 heavy (non-hydrogen) atoms. The molecule has 0 radical (unpaired) electrons. The van der Waals surface area contributed by atoms with Gasteiger partial charge in [0.25, 0.3) is 0 Å². The van der Waals surface area contributed by atoms with Gasteiger partial charge in [-0.05, 0) is 30.2 Å². The zero-order chi connectivity index (χ0) is 26.5. The third-order valence-electron chi connectivity index (χ3n) is 5.96. The summed E-state index contributed by atoms with van der Waals surface area (Å²) in [6.07, 6.45) is -4.57. The molecule has 0 amide bonds.